The van der Waals surface area contributed by atoms with Crippen molar-refractivity contribution in [2.45, 2.75) is 19.4 Å². The van der Waals surface area contributed by atoms with Gasteiger partial charge in [0.1, 0.15) is 0 Å². The molecule has 0 saturated heterocycles. The van der Waals surface area contributed by atoms with Crippen LogP contribution in [0.2, 0.25) is 5.02 Å². The topological polar surface area (TPSA) is 85.8 Å². The van der Waals surface area contributed by atoms with Gasteiger partial charge in [0.25, 0.3) is 6.43 Å². The Morgan fingerprint density at radius 2 is 1.90 bits per heavy atom. The van der Waals surface area contributed by atoms with Gasteiger partial charge in [-0.25, -0.2) is 13.8 Å². The van der Waals surface area contributed by atoms with Crippen LogP contribution in [0.25, 0.3) is 11.0 Å². The number of carbonyl (C=O) groups is 1. The molecule has 0 atom stereocenters. The zero-order chi connectivity index (χ0) is 21.1. The zero-order valence-electron chi connectivity index (χ0n) is 15.6. The number of hydrogen-bond acceptors (Lipinski definition) is 5. The predicted molar refractivity (Wildman–Crippen MR) is 106 cm³/mol. The highest BCUT2D eigenvalue weighted by molar-refractivity contribution is 6.30. The van der Waals surface area contributed by atoms with Crippen molar-refractivity contribution in [3.8, 4) is 0 Å². The van der Waals surface area contributed by atoms with Gasteiger partial charge in [0.2, 0.25) is 0 Å². The molecule has 7 nitrogen and oxygen atoms in total. The summed E-state index contributed by atoms with van der Waals surface area (Å²) in [5.74, 6) is -1.06. The zero-order valence-corrected chi connectivity index (χ0v) is 16.3. The van der Waals surface area contributed by atoms with Gasteiger partial charge in [0, 0.05) is 11.6 Å². The van der Waals surface area contributed by atoms with Crippen LogP contribution >= 0.6 is 11.6 Å². The average Bonchev–Trinajstić information content (AvgIpc) is 3.35. The summed E-state index contributed by atoms with van der Waals surface area (Å²) >= 11 is 5.84. The third-order valence-electron chi connectivity index (χ3n) is 4.45. The molecule has 2 heterocycles. The Labute approximate surface area is 174 Å². The number of carbonyl (C=O) groups excluding carboxylic acids is 1. The Bertz CT molecular complexity index is 1170. The van der Waals surface area contributed by atoms with Crippen molar-refractivity contribution in [1.29, 1.82) is 0 Å². The van der Waals surface area contributed by atoms with E-state index >= 15 is 0 Å². The van der Waals surface area contributed by atoms with Crippen molar-refractivity contribution in [3.05, 3.63) is 76.7 Å². The summed E-state index contributed by atoms with van der Waals surface area (Å²) in [5.41, 5.74) is 1.97. The summed E-state index contributed by atoms with van der Waals surface area (Å²) in [4.78, 5) is 20.2. The van der Waals surface area contributed by atoms with Gasteiger partial charge in [-0.05, 0) is 36.2 Å². The van der Waals surface area contributed by atoms with Crippen LogP contribution in [0.5, 0.6) is 0 Å². The molecule has 0 bridgehead atoms. The molecule has 2 aromatic heterocycles. The summed E-state index contributed by atoms with van der Waals surface area (Å²) in [6.07, 6.45) is -2.16. The Hall–Kier alpha value is -3.33. The van der Waals surface area contributed by atoms with Gasteiger partial charge in [0.15, 0.2) is 11.6 Å². The molecule has 0 aliphatic rings. The first-order valence-corrected chi connectivity index (χ1v) is 9.47. The van der Waals surface area contributed by atoms with E-state index in [4.69, 9.17) is 16.1 Å². The fourth-order valence-corrected chi connectivity index (χ4v) is 3.15. The largest absolute Gasteiger partial charge is 0.347 e. The molecule has 0 aliphatic heterocycles. The first-order chi connectivity index (χ1) is 14.5. The first-order valence-electron chi connectivity index (χ1n) is 9.10. The lowest BCUT2D eigenvalue weighted by Crippen LogP contribution is -2.26. The number of nitrogens with zero attached hydrogens (tertiary/aromatic N) is 4. The van der Waals surface area contributed by atoms with Crippen molar-refractivity contribution in [3.63, 3.8) is 0 Å². The molecule has 0 spiro atoms. The Morgan fingerprint density at radius 1 is 1.13 bits per heavy atom. The van der Waals surface area contributed by atoms with Gasteiger partial charge >= 0.3 is 11.8 Å². The number of halogens is 3. The van der Waals surface area contributed by atoms with Gasteiger partial charge < -0.3 is 14.4 Å². The minimum atomic E-state index is -2.76. The average molecular weight is 432 g/mol. The van der Waals surface area contributed by atoms with E-state index in [1.54, 1.807) is 36.4 Å². The summed E-state index contributed by atoms with van der Waals surface area (Å²) in [6, 6.07) is 14.1. The number of alkyl halides is 2. The smallest absolute Gasteiger partial charge is 0.316 e. The molecule has 30 heavy (non-hydrogen) atoms. The van der Waals surface area contributed by atoms with Crippen molar-refractivity contribution < 1.29 is 18.1 Å². The summed E-state index contributed by atoms with van der Waals surface area (Å²) in [7, 11) is 0. The van der Waals surface area contributed by atoms with Gasteiger partial charge in [-0.2, -0.15) is 4.98 Å². The number of nitrogens with one attached hydrogen (secondary N) is 1. The standard InChI is InChI=1S/C20H16ClF2N5O2/c21-13-7-5-12(6-8-13)9-10-24-19(29)20-26-16(27-30-20)11-28-15-4-2-1-3-14(15)25-18(28)17(22)23/h1-8,17H,9-11H2,(H,24,29). The molecule has 2 aromatic carbocycles. The molecule has 0 fully saturated rings. The van der Waals surface area contributed by atoms with Crippen LogP contribution in [-0.4, -0.2) is 32.1 Å². The third-order valence-corrected chi connectivity index (χ3v) is 4.71. The Morgan fingerprint density at radius 3 is 2.67 bits per heavy atom. The van der Waals surface area contributed by atoms with E-state index in [-0.39, 0.29) is 18.3 Å². The second kappa shape index (κ2) is 8.58. The molecule has 0 aliphatic carbocycles. The van der Waals surface area contributed by atoms with E-state index in [2.05, 4.69) is 20.4 Å². The molecular weight excluding hydrogens is 416 g/mol. The quantitative estimate of drug-likeness (QED) is 0.477. The number of hydrogen-bond donors (Lipinski definition) is 1. The van der Waals surface area contributed by atoms with Crippen LogP contribution in [-0.2, 0) is 13.0 Å². The number of rotatable bonds is 7. The van der Waals surface area contributed by atoms with Crippen LogP contribution in [0.1, 0.15) is 34.3 Å². The maximum absolute atomic E-state index is 13.4. The monoisotopic (exact) mass is 431 g/mol. The molecule has 0 unspecified atom stereocenters. The van der Waals surface area contributed by atoms with E-state index < -0.39 is 18.2 Å². The SMILES string of the molecule is O=C(NCCc1ccc(Cl)cc1)c1nc(Cn2c(C(F)F)nc3ccccc32)no1. The third kappa shape index (κ3) is 4.30. The number of benzene rings is 2. The van der Waals surface area contributed by atoms with Crippen molar-refractivity contribution >= 4 is 28.5 Å². The van der Waals surface area contributed by atoms with E-state index in [0.29, 0.717) is 29.0 Å². The highest BCUT2D eigenvalue weighted by Crippen LogP contribution is 2.24. The highest BCUT2D eigenvalue weighted by atomic mass is 35.5. The van der Waals surface area contributed by atoms with Gasteiger partial charge in [0.05, 0.1) is 17.6 Å². The molecule has 0 saturated carbocycles. The van der Waals surface area contributed by atoms with Crippen molar-refractivity contribution in [2.24, 2.45) is 0 Å². The lowest BCUT2D eigenvalue weighted by atomic mass is 10.1. The molecule has 1 N–H and O–H groups in total. The molecule has 4 aromatic rings. The predicted octanol–water partition coefficient (Wildman–Crippen LogP) is 4.03. The molecule has 0 radical (unpaired) electrons. The lowest BCUT2D eigenvalue weighted by Gasteiger charge is -2.05. The van der Waals surface area contributed by atoms with Gasteiger partial charge in [-0.1, -0.05) is 41.0 Å². The van der Waals surface area contributed by atoms with E-state index in [1.807, 2.05) is 12.1 Å². The second-order valence-corrected chi connectivity index (χ2v) is 6.93. The Kier molecular flexibility index (Phi) is 5.71. The van der Waals surface area contributed by atoms with Crippen molar-refractivity contribution in [1.82, 2.24) is 25.0 Å². The maximum Gasteiger partial charge on any atom is 0.316 e. The number of amides is 1. The van der Waals surface area contributed by atoms with Crippen LogP contribution in [0.15, 0.2) is 53.1 Å². The van der Waals surface area contributed by atoms with Crippen molar-refractivity contribution in [2.75, 3.05) is 6.54 Å². The molecule has 4 rings (SSSR count). The summed E-state index contributed by atoms with van der Waals surface area (Å²) in [5, 5.41) is 7.07. The highest BCUT2D eigenvalue weighted by Gasteiger charge is 2.21. The summed E-state index contributed by atoms with van der Waals surface area (Å²) < 4.78 is 33.1. The van der Waals surface area contributed by atoms with E-state index in [9.17, 15) is 13.6 Å². The normalized spacial score (nSPS) is 11.3. The molecule has 1 amide bonds. The van der Waals surface area contributed by atoms with Gasteiger partial charge in [-0.3, -0.25) is 4.79 Å². The molecule has 154 valence electrons. The minimum Gasteiger partial charge on any atom is -0.347 e. The maximum atomic E-state index is 13.4. The fourth-order valence-electron chi connectivity index (χ4n) is 3.03. The Balaban J connectivity index is 1.43. The number of para-hydroxylation sites is 2. The van der Waals surface area contributed by atoms with Gasteiger partial charge in [-0.15, -0.1) is 0 Å². The first kappa shape index (κ1) is 20.0. The lowest BCUT2D eigenvalue weighted by molar-refractivity contribution is 0.0910. The van der Waals surface area contributed by atoms with Crippen LogP contribution < -0.4 is 5.32 Å². The number of imidazole rings is 1. The molecule has 10 heteroatoms. The molecular formula is C20H16ClF2N5O2. The van der Waals surface area contributed by atoms with E-state index in [1.165, 1.54) is 4.57 Å². The van der Waals surface area contributed by atoms with Crippen LogP contribution in [0, 0.1) is 0 Å². The number of aromatic nitrogens is 4. The van der Waals surface area contributed by atoms with Crippen LogP contribution in [0.3, 0.4) is 0 Å². The second-order valence-electron chi connectivity index (χ2n) is 6.49. The summed E-state index contributed by atoms with van der Waals surface area (Å²) in [6.45, 7) is 0.265. The number of fused-ring (bicyclic) bond motifs is 1. The fraction of sp³-hybridized carbons (Fsp3) is 0.200. The minimum absolute atomic E-state index is 0.0955. The van der Waals surface area contributed by atoms with E-state index in [0.717, 1.165) is 5.56 Å². The van der Waals surface area contributed by atoms with Crippen LogP contribution in [0.4, 0.5) is 8.78 Å².